The highest BCUT2D eigenvalue weighted by molar-refractivity contribution is 5.77. The number of likely N-dealkylation sites (tertiary alicyclic amines) is 1. The number of amides is 2. The number of nitrogens with zero attached hydrogens (tertiary/aromatic N) is 2. The molecule has 5 nitrogen and oxygen atoms in total. The zero-order valence-corrected chi connectivity index (χ0v) is 15.5. The molecule has 0 aromatic heterocycles. The van der Waals surface area contributed by atoms with Crippen LogP contribution < -0.4 is 4.74 Å². The number of ether oxygens (including phenoxy) is 1. The molecule has 1 aromatic carbocycles. The van der Waals surface area contributed by atoms with Crippen molar-refractivity contribution in [3.8, 4) is 5.75 Å². The second kappa shape index (κ2) is 7.06. The average molecular weight is 344 g/mol. The molecule has 0 bridgehead atoms. The lowest BCUT2D eigenvalue weighted by molar-refractivity contribution is -0.135. The monoisotopic (exact) mass is 344 g/mol. The van der Waals surface area contributed by atoms with Crippen LogP contribution in [0.2, 0.25) is 0 Å². The van der Waals surface area contributed by atoms with Crippen LogP contribution in [0.15, 0.2) is 24.3 Å². The third-order valence-corrected chi connectivity index (χ3v) is 5.55. The Hall–Kier alpha value is -2.04. The first-order valence-electron chi connectivity index (χ1n) is 9.20. The molecular weight excluding hydrogens is 316 g/mol. The number of fused-ring (bicyclic) bond motifs is 1. The Labute approximate surface area is 149 Å². The summed E-state index contributed by atoms with van der Waals surface area (Å²) < 4.78 is 6.43. The van der Waals surface area contributed by atoms with Crippen LogP contribution in [0.5, 0.6) is 5.75 Å². The maximum Gasteiger partial charge on any atom is 0.222 e. The van der Waals surface area contributed by atoms with Crippen molar-refractivity contribution in [1.82, 2.24) is 9.80 Å². The van der Waals surface area contributed by atoms with E-state index in [0.717, 1.165) is 43.7 Å². The Morgan fingerprint density at radius 2 is 1.92 bits per heavy atom. The summed E-state index contributed by atoms with van der Waals surface area (Å²) in [6.45, 7) is 3.38. The molecule has 1 unspecified atom stereocenters. The van der Waals surface area contributed by atoms with E-state index in [2.05, 4.69) is 6.07 Å². The summed E-state index contributed by atoms with van der Waals surface area (Å²) in [6.07, 6.45) is 3.57. The van der Waals surface area contributed by atoms with Crippen molar-refractivity contribution in [3.63, 3.8) is 0 Å². The molecule has 2 aliphatic rings. The summed E-state index contributed by atoms with van der Waals surface area (Å²) in [6, 6.07) is 8.08. The molecule has 2 heterocycles. The number of hydrogen-bond donors (Lipinski definition) is 0. The third kappa shape index (κ3) is 3.65. The smallest absolute Gasteiger partial charge is 0.222 e. The standard InChI is InChI=1S/C20H28N2O3/c1-4-18(23)22-11-9-20(10-12-22)14-15(13-19(24)21(2)3)16-7-5-6-8-17(16)25-20/h5-8,15H,4,9-14H2,1-3H3. The minimum Gasteiger partial charge on any atom is -0.487 e. The zero-order chi connectivity index (χ0) is 18.0. The van der Waals surface area contributed by atoms with Gasteiger partial charge in [-0.3, -0.25) is 9.59 Å². The lowest BCUT2D eigenvalue weighted by Gasteiger charge is -2.47. The molecule has 5 heteroatoms. The van der Waals surface area contributed by atoms with Gasteiger partial charge in [0.1, 0.15) is 11.4 Å². The maximum atomic E-state index is 12.3. The third-order valence-electron chi connectivity index (χ3n) is 5.55. The molecule has 0 N–H and O–H groups in total. The summed E-state index contributed by atoms with van der Waals surface area (Å²) >= 11 is 0. The van der Waals surface area contributed by atoms with E-state index in [0.29, 0.717) is 12.8 Å². The van der Waals surface area contributed by atoms with Gasteiger partial charge in [0.15, 0.2) is 0 Å². The van der Waals surface area contributed by atoms with E-state index in [4.69, 9.17) is 4.74 Å². The molecule has 1 saturated heterocycles. The van der Waals surface area contributed by atoms with E-state index in [-0.39, 0.29) is 23.3 Å². The van der Waals surface area contributed by atoms with E-state index in [1.165, 1.54) is 0 Å². The van der Waals surface area contributed by atoms with Crippen LogP contribution in [0.1, 0.15) is 50.5 Å². The Morgan fingerprint density at radius 3 is 2.56 bits per heavy atom. The quantitative estimate of drug-likeness (QED) is 0.847. The van der Waals surface area contributed by atoms with Gasteiger partial charge in [-0.15, -0.1) is 0 Å². The number of para-hydroxylation sites is 1. The number of carbonyl (C=O) groups is 2. The Bertz CT molecular complexity index is 648. The average Bonchev–Trinajstić information content (AvgIpc) is 2.61. The highest BCUT2D eigenvalue weighted by Gasteiger charge is 2.44. The van der Waals surface area contributed by atoms with Crippen LogP contribution >= 0.6 is 0 Å². The van der Waals surface area contributed by atoms with Crippen molar-refractivity contribution in [2.75, 3.05) is 27.2 Å². The Morgan fingerprint density at radius 1 is 1.24 bits per heavy atom. The van der Waals surface area contributed by atoms with Gasteiger partial charge in [0.2, 0.25) is 11.8 Å². The van der Waals surface area contributed by atoms with Gasteiger partial charge in [0, 0.05) is 58.8 Å². The van der Waals surface area contributed by atoms with Gasteiger partial charge < -0.3 is 14.5 Å². The van der Waals surface area contributed by atoms with Gasteiger partial charge in [0.25, 0.3) is 0 Å². The summed E-state index contributed by atoms with van der Waals surface area (Å²) in [5, 5.41) is 0. The van der Waals surface area contributed by atoms with Crippen molar-refractivity contribution in [3.05, 3.63) is 29.8 Å². The zero-order valence-electron chi connectivity index (χ0n) is 15.5. The number of hydrogen-bond acceptors (Lipinski definition) is 3. The lowest BCUT2D eigenvalue weighted by atomic mass is 9.76. The Kier molecular flexibility index (Phi) is 5.02. The van der Waals surface area contributed by atoms with Crippen molar-refractivity contribution < 1.29 is 14.3 Å². The van der Waals surface area contributed by atoms with Crippen molar-refractivity contribution in [2.24, 2.45) is 0 Å². The second-order valence-electron chi connectivity index (χ2n) is 7.45. The summed E-state index contributed by atoms with van der Waals surface area (Å²) in [5.41, 5.74) is 0.881. The molecule has 0 aliphatic carbocycles. The highest BCUT2D eigenvalue weighted by atomic mass is 16.5. The van der Waals surface area contributed by atoms with Gasteiger partial charge in [0.05, 0.1) is 0 Å². The van der Waals surface area contributed by atoms with Gasteiger partial charge in [-0.2, -0.15) is 0 Å². The summed E-state index contributed by atoms with van der Waals surface area (Å²) in [5.74, 6) is 1.44. The van der Waals surface area contributed by atoms with Crippen LogP contribution in [0.4, 0.5) is 0 Å². The molecule has 1 aromatic rings. The molecule has 3 rings (SSSR count). The predicted molar refractivity (Wildman–Crippen MR) is 96.6 cm³/mol. The van der Waals surface area contributed by atoms with Gasteiger partial charge in [-0.05, 0) is 18.1 Å². The SMILES string of the molecule is CCC(=O)N1CCC2(CC1)CC(CC(=O)N(C)C)c1ccccc1O2. The van der Waals surface area contributed by atoms with Gasteiger partial charge in [-0.25, -0.2) is 0 Å². The lowest BCUT2D eigenvalue weighted by Crippen LogP contribution is -2.52. The maximum absolute atomic E-state index is 12.3. The fourth-order valence-corrected chi connectivity index (χ4v) is 4.01. The number of piperidine rings is 1. The molecule has 2 amide bonds. The summed E-state index contributed by atoms with van der Waals surface area (Å²) in [7, 11) is 3.61. The number of rotatable bonds is 3. The minimum atomic E-state index is -0.254. The van der Waals surface area contributed by atoms with E-state index < -0.39 is 0 Å². The second-order valence-corrected chi connectivity index (χ2v) is 7.45. The van der Waals surface area contributed by atoms with E-state index in [1.807, 2.05) is 30.0 Å². The van der Waals surface area contributed by atoms with Crippen molar-refractivity contribution >= 4 is 11.8 Å². The van der Waals surface area contributed by atoms with Crippen LogP contribution in [-0.4, -0.2) is 54.4 Å². The number of benzene rings is 1. The van der Waals surface area contributed by atoms with Gasteiger partial charge >= 0.3 is 0 Å². The van der Waals surface area contributed by atoms with Crippen LogP contribution in [0.3, 0.4) is 0 Å². The topological polar surface area (TPSA) is 49.9 Å². The minimum absolute atomic E-state index is 0.149. The van der Waals surface area contributed by atoms with E-state index in [1.54, 1.807) is 19.0 Å². The molecule has 136 valence electrons. The highest BCUT2D eigenvalue weighted by Crippen LogP contribution is 2.46. The summed E-state index contributed by atoms with van der Waals surface area (Å²) in [4.78, 5) is 27.9. The molecular formula is C20H28N2O3. The van der Waals surface area contributed by atoms with Gasteiger partial charge in [-0.1, -0.05) is 25.1 Å². The fraction of sp³-hybridized carbons (Fsp3) is 0.600. The molecule has 1 fully saturated rings. The first-order chi connectivity index (χ1) is 11.9. The molecule has 1 spiro atoms. The molecule has 0 radical (unpaired) electrons. The molecule has 1 atom stereocenters. The Balaban J connectivity index is 1.80. The first kappa shape index (κ1) is 17.8. The molecule has 25 heavy (non-hydrogen) atoms. The molecule has 0 saturated carbocycles. The fourth-order valence-electron chi connectivity index (χ4n) is 4.01. The first-order valence-corrected chi connectivity index (χ1v) is 9.20. The number of carbonyl (C=O) groups excluding carboxylic acids is 2. The van der Waals surface area contributed by atoms with Crippen molar-refractivity contribution in [2.45, 2.75) is 50.5 Å². The predicted octanol–water partition coefficient (Wildman–Crippen LogP) is 2.80. The van der Waals surface area contributed by atoms with Crippen LogP contribution in [-0.2, 0) is 9.59 Å². The van der Waals surface area contributed by atoms with E-state index in [9.17, 15) is 9.59 Å². The molecule has 2 aliphatic heterocycles. The largest absolute Gasteiger partial charge is 0.487 e. The normalized spacial score (nSPS) is 21.4. The van der Waals surface area contributed by atoms with Crippen LogP contribution in [0.25, 0.3) is 0 Å². The van der Waals surface area contributed by atoms with E-state index >= 15 is 0 Å². The van der Waals surface area contributed by atoms with Crippen molar-refractivity contribution in [1.29, 1.82) is 0 Å². The van der Waals surface area contributed by atoms with Crippen LogP contribution in [0, 0.1) is 0 Å².